The number of para-hydroxylation sites is 1. The summed E-state index contributed by atoms with van der Waals surface area (Å²) in [6.07, 6.45) is 0. The first kappa shape index (κ1) is 18.7. The second kappa shape index (κ2) is 8.48. The van der Waals surface area contributed by atoms with Crippen molar-refractivity contribution >= 4 is 52.2 Å². The number of halogens is 1. The largest absolute Gasteiger partial charge is 0.459 e. The van der Waals surface area contributed by atoms with E-state index in [2.05, 4.69) is 33.6 Å². The summed E-state index contributed by atoms with van der Waals surface area (Å²) in [7, 11) is 1.76. The van der Waals surface area contributed by atoms with E-state index < -0.39 is 0 Å². The van der Waals surface area contributed by atoms with Gasteiger partial charge in [-0.1, -0.05) is 18.2 Å². The van der Waals surface area contributed by atoms with Crippen molar-refractivity contribution in [2.75, 3.05) is 7.05 Å². The molecule has 1 aromatic carbocycles. The summed E-state index contributed by atoms with van der Waals surface area (Å²) in [4.78, 5) is 9.72. The molecule has 0 radical (unpaired) electrons. The van der Waals surface area contributed by atoms with Crippen LogP contribution in [-0.4, -0.2) is 18.0 Å². The van der Waals surface area contributed by atoms with Gasteiger partial charge in [0.15, 0.2) is 5.96 Å². The van der Waals surface area contributed by atoms with Crippen LogP contribution in [0.5, 0.6) is 0 Å². The highest BCUT2D eigenvalue weighted by molar-refractivity contribution is 14.0. The molecule has 0 saturated carbocycles. The molecule has 2 aromatic heterocycles. The van der Waals surface area contributed by atoms with Crippen LogP contribution in [0.15, 0.2) is 39.2 Å². The van der Waals surface area contributed by atoms with Gasteiger partial charge in [-0.2, -0.15) is 0 Å². The highest BCUT2D eigenvalue weighted by atomic mass is 127. The number of furan rings is 1. The lowest BCUT2D eigenvalue weighted by Crippen LogP contribution is -2.36. The van der Waals surface area contributed by atoms with Crippen molar-refractivity contribution in [1.82, 2.24) is 15.6 Å². The first-order valence-electron chi connectivity index (χ1n) is 7.49. The van der Waals surface area contributed by atoms with Crippen molar-refractivity contribution in [3.05, 3.63) is 51.7 Å². The monoisotopic (exact) mass is 456 g/mol. The number of guanidine groups is 1. The van der Waals surface area contributed by atoms with Crippen LogP contribution in [0.25, 0.3) is 11.0 Å². The van der Waals surface area contributed by atoms with Crippen LogP contribution in [-0.2, 0) is 13.1 Å². The van der Waals surface area contributed by atoms with Gasteiger partial charge in [0.1, 0.15) is 11.3 Å². The Morgan fingerprint density at radius 3 is 2.62 bits per heavy atom. The second-order valence-electron chi connectivity index (χ2n) is 5.29. The summed E-state index contributed by atoms with van der Waals surface area (Å²) in [5, 5.41) is 7.76. The number of hydrogen-bond donors (Lipinski definition) is 2. The zero-order chi connectivity index (χ0) is 16.2. The van der Waals surface area contributed by atoms with Crippen molar-refractivity contribution in [2.45, 2.75) is 26.9 Å². The third-order valence-electron chi connectivity index (χ3n) is 3.84. The van der Waals surface area contributed by atoms with E-state index in [1.807, 2.05) is 30.6 Å². The lowest BCUT2D eigenvalue weighted by molar-refractivity contribution is 0.534. The Balaban J connectivity index is 0.00000208. The van der Waals surface area contributed by atoms with Crippen LogP contribution in [0.4, 0.5) is 0 Å². The Labute approximate surface area is 162 Å². The van der Waals surface area contributed by atoms with Gasteiger partial charge in [-0.05, 0) is 19.9 Å². The van der Waals surface area contributed by atoms with Crippen LogP contribution in [0.1, 0.15) is 21.9 Å². The molecule has 0 aliphatic carbocycles. The number of thiazole rings is 1. The lowest BCUT2D eigenvalue weighted by atomic mass is 10.1. The Kier molecular flexibility index (Phi) is 6.61. The highest BCUT2D eigenvalue weighted by Crippen LogP contribution is 2.24. The second-order valence-corrected chi connectivity index (χ2v) is 6.23. The Bertz CT molecular complexity index is 840. The maximum absolute atomic E-state index is 5.91. The van der Waals surface area contributed by atoms with Gasteiger partial charge in [-0.3, -0.25) is 4.99 Å². The van der Waals surface area contributed by atoms with Crippen molar-refractivity contribution in [3.63, 3.8) is 0 Å². The van der Waals surface area contributed by atoms with Gasteiger partial charge in [0.05, 0.1) is 24.3 Å². The van der Waals surface area contributed by atoms with E-state index in [4.69, 9.17) is 4.42 Å². The molecular formula is C17H21IN4OS. The minimum atomic E-state index is 0. The topological polar surface area (TPSA) is 62.5 Å². The average molecular weight is 456 g/mol. The summed E-state index contributed by atoms with van der Waals surface area (Å²) >= 11 is 1.65. The molecule has 3 rings (SSSR count). The minimum absolute atomic E-state index is 0. The molecule has 3 aromatic rings. The minimum Gasteiger partial charge on any atom is -0.459 e. The molecule has 5 nitrogen and oxygen atoms in total. The molecule has 7 heteroatoms. The molecule has 0 atom stereocenters. The number of aromatic nitrogens is 1. The normalized spacial score (nSPS) is 11.4. The SMILES string of the molecule is CN=C(NCc1oc2ccccc2c1C)NCc1scnc1C.I. The van der Waals surface area contributed by atoms with E-state index in [1.54, 1.807) is 18.4 Å². The van der Waals surface area contributed by atoms with Crippen molar-refractivity contribution < 1.29 is 4.42 Å². The van der Waals surface area contributed by atoms with Crippen LogP contribution >= 0.6 is 35.3 Å². The smallest absolute Gasteiger partial charge is 0.191 e. The quantitative estimate of drug-likeness (QED) is 0.354. The lowest BCUT2D eigenvalue weighted by Gasteiger charge is -2.10. The number of nitrogens with one attached hydrogen (secondary N) is 2. The molecule has 24 heavy (non-hydrogen) atoms. The molecule has 0 bridgehead atoms. The van der Waals surface area contributed by atoms with Gasteiger partial charge in [-0.25, -0.2) is 4.98 Å². The number of aliphatic imine (C=N–C) groups is 1. The molecule has 0 amide bonds. The summed E-state index contributed by atoms with van der Waals surface area (Å²) < 4.78 is 5.91. The summed E-state index contributed by atoms with van der Waals surface area (Å²) in [5.41, 5.74) is 5.01. The van der Waals surface area contributed by atoms with E-state index in [1.165, 1.54) is 10.4 Å². The summed E-state index contributed by atoms with van der Waals surface area (Å²) in [6.45, 7) is 5.42. The van der Waals surface area contributed by atoms with E-state index >= 15 is 0 Å². The van der Waals surface area contributed by atoms with Gasteiger partial charge in [0, 0.05) is 22.9 Å². The van der Waals surface area contributed by atoms with Gasteiger partial charge in [0.25, 0.3) is 0 Å². The number of aryl methyl sites for hydroxylation is 2. The molecule has 0 aliphatic rings. The van der Waals surface area contributed by atoms with Crippen molar-refractivity contribution in [2.24, 2.45) is 4.99 Å². The Morgan fingerprint density at radius 2 is 1.96 bits per heavy atom. The highest BCUT2D eigenvalue weighted by Gasteiger charge is 2.10. The summed E-state index contributed by atoms with van der Waals surface area (Å²) in [6, 6.07) is 8.09. The van der Waals surface area contributed by atoms with Crippen LogP contribution < -0.4 is 10.6 Å². The van der Waals surface area contributed by atoms with Gasteiger partial charge in [-0.15, -0.1) is 35.3 Å². The number of hydrogen-bond acceptors (Lipinski definition) is 4. The number of rotatable bonds is 4. The maximum Gasteiger partial charge on any atom is 0.191 e. The van der Waals surface area contributed by atoms with Gasteiger partial charge >= 0.3 is 0 Å². The van der Waals surface area contributed by atoms with E-state index in [0.717, 1.165) is 34.9 Å². The molecule has 0 fully saturated rings. The predicted molar refractivity (Wildman–Crippen MR) is 110 cm³/mol. The van der Waals surface area contributed by atoms with E-state index in [9.17, 15) is 0 Å². The molecular weight excluding hydrogens is 435 g/mol. The molecule has 2 N–H and O–H groups in total. The fourth-order valence-corrected chi connectivity index (χ4v) is 3.15. The van der Waals surface area contributed by atoms with Crippen molar-refractivity contribution in [3.8, 4) is 0 Å². The summed E-state index contributed by atoms with van der Waals surface area (Å²) in [5.74, 6) is 1.68. The third-order valence-corrected chi connectivity index (χ3v) is 4.78. The average Bonchev–Trinajstić information content (AvgIpc) is 3.12. The first-order valence-corrected chi connectivity index (χ1v) is 8.37. The third kappa shape index (κ3) is 4.07. The fraction of sp³-hybridized carbons (Fsp3) is 0.294. The predicted octanol–water partition coefficient (Wildman–Crippen LogP) is 3.99. The zero-order valence-electron chi connectivity index (χ0n) is 13.9. The Hall–Kier alpha value is -1.61. The number of benzene rings is 1. The molecule has 0 aliphatic heterocycles. The first-order chi connectivity index (χ1) is 11.2. The molecule has 0 spiro atoms. The van der Waals surface area contributed by atoms with E-state index in [0.29, 0.717) is 6.54 Å². The van der Waals surface area contributed by atoms with Crippen LogP contribution in [0.3, 0.4) is 0 Å². The Morgan fingerprint density at radius 1 is 1.21 bits per heavy atom. The zero-order valence-corrected chi connectivity index (χ0v) is 17.1. The maximum atomic E-state index is 5.91. The van der Waals surface area contributed by atoms with Crippen molar-refractivity contribution in [1.29, 1.82) is 0 Å². The molecule has 2 heterocycles. The number of nitrogens with zero attached hydrogens (tertiary/aromatic N) is 2. The van der Waals surface area contributed by atoms with E-state index in [-0.39, 0.29) is 24.0 Å². The van der Waals surface area contributed by atoms with Crippen LogP contribution in [0, 0.1) is 13.8 Å². The van der Waals surface area contributed by atoms with Gasteiger partial charge in [0.2, 0.25) is 0 Å². The molecule has 0 saturated heterocycles. The number of fused-ring (bicyclic) bond motifs is 1. The molecule has 128 valence electrons. The standard InChI is InChI=1S/C17H20N4OS.HI/c1-11-13-6-4-5-7-14(13)22-15(11)8-19-17(18-3)20-9-16-12(2)21-10-23-16;/h4-7,10H,8-9H2,1-3H3,(H2,18,19,20);1H. The van der Waals surface area contributed by atoms with Crippen LogP contribution in [0.2, 0.25) is 0 Å². The molecule has 0 unspecified atom stereocenters. The fourth-order valence-electron chi connectivity index (χ4n) is 2.44. The van der Waals surface area contributed by atoms with Gasteiger partial charge < -0.3 is 15.1 Å².